The first-order chi connectivity index (χ1) is 5.76. The molecule has 0 fully saturated rings. The molecule has 0 N–H and O–H groups in total. The van der Waals surface area contributed by atoms with Gasteiger partial charge in [0.25, 0.3) is 0 Å². The molecule has 1 aromatic rings. The fraction of sp³-hybridized carbons (Fsp3) is 0.250. The zero-order valence-electron chi connectivity index (χ0n) is 6.58. The van der Waals surface area contributed by atoms with E-state index in [0.717, 1.165) is 11.3 Å². The number of methoxy groups -OCH3 is 1. The predicted octanol–water partition coefficient (Wildman–Crippen LogP) is 2.71. The van der Waals surface area contributed by atoms with Crippen molar-refractivity contribution in [3.05, 3.63) is 28.8 Å². The molecule has 2 nitrogen and oxygen atoms in total. The molecule has 0 bridgehead atoms. The highest BCUT2D eigenvalue weighted by molar-refractivity contribution is 7.75. The SMILES string of the molecule is COc1cc(Cl)cc(COS)c1. The Balaban J connectivity index is 2.90. The summed E-state index contributed by atoms with van der Waals surface area (Å²) in [5.74, 6) is 0.725. The van der Waals surface area contributed by atoms with Crippen LogP contribution in [0.3, 0.4) is 0 Å². The van der Waals surface area contributed by atoms with Gasteiger partial charge in [-0.3, -0.25) is 0 Å². The van der Waals surface area contributed by atoms with E-state index in [1.807, 2.05) is 6.07 Å². The summed E-state index contributed by atoms with van der Waals surface area (Å²) in [6, 6.07) is 5.39. The highest BCUT2D eigenvalue weighted by Gasteiger charge is 1.98. The number of ether oxygens (including phenoxy) is 1. The minimum atomic E-state index is 0.417. The van der Waals surface area contributed by atoms with Gasteiger partial charge < -0.3 is 8.92 Å². The zero-order chi connectivity index (χ0) is 8.97. The second-order valence-electron chi connectivity index (χ2n) is 2.27. The molecule has 0 aromatic heterocycles. The smallest absolute Gasteiger partial charge is 0.120 e. The molecule has 0 spiro atoms. The van der Waals surface area contributed by atoms with Gasteiger partial charge in [0.1, 0.15) is 5.75 Å². The fourth-order valence-corrected chi connectivity index (χ4v) is 1.29. The molecule has 0 heterocycles. The van der Waals surface area contributed by atoms with Crippen molar-refractivity contribution in [1.82, 2.24) is 0 Å². The minimum absolute atomic E-state index is 0.417. The zero-order valence-corrected chi connectivity index (χ0v) is 8.23. The van der Waals surface area contributed by atoms with Gasteiger partial charge in [0, 0.05) is 5.02 Å². The van der Waals surface area contributed by atoms with E-state index in [2.05, 4.69) is 17.1 Å². The Hall–Kier alpha value is -0.380. The first-order valence-corrected chi connectivity index (χ1v) is 4.10. The van der Waals surface area contributed by atoms with Crippen LogP contribution < -0.4 is 4.74 Å². The van der Waals surface area contributed by atoms with Gasteiger partial charge in [-0.1, -0.05) is 11.6 Å². The van der Waals surface area contributed by atoms with Crippen molar-refractivity contribution in [3.63, 3.8) is 0 Å². The molecular formula is C8H9ClO2S. The number of halogens is 1. The van der Waals surface area contributed by atoms with Gasteiger partial charge in [-0.2, -0.15) is 0 Å². The van der Waals surface area contributed by atoms with Crippen molar-refractivity contribution < 1.29 is 8.92 Å². The lowest BCUT2D eigenvalue weighted by Crippen LogP contribution is -1.88. The van der Waals surface area contributed by atoms with Gasteiger partial charge in [0.15, 0.2) is 0 Å². The number of thiol groups is 1. The van der Waals surface area contributed by atoms with E-state index in [9.17, 15) is 0 Å². The second kappa shape index (κ2) is 4.60. The summed E-state index contributed by atoms with van der Waals surface area (Å²) in [4.78, 5) is 0. The number of hydrogen-bond donors (Lipinski definition) is 1. The van der Waals surface area contributed by atoms with Crippen molar-refractivity contribution in [2.24, 2.45) is 0 Å². The minimum Gasteiger partial charge on any atom is -0.497 e. The largest absolute Gasteiger partial charge is 0.497 e. The van der Waals surface area contributed by atoms with Crippen LogP contribution in [0, 0.1) is 0 Å². The van der Waals surface area contributed by atoms with Crippen LogP contribution in [-0.2, 0) is 10.8 Å². The van der Waals surface area contributed by atoms with Crippen LogP contribution in [0.15, 0.2) is 18.2 Å². The van der Waals surface area contributed by atoms with Gasteiger partial charge in [-0.05, 0) is 36.7 Å². The molecule has 0 aliphatic heterocycles. The van der Waals surface area contributed by atoms with Gasteiger partial charge in [-0.15, -0.1) is 0 Å². The van der Waals surface area contributed by atoms with Crippen molar-refractivity contribution in [1.29, 1.82) is 0 Å². The molecule has 0 saturated carbocycles. The van der Waals surface area contributed by atoms with Crippen LogP contribution in [0.5, 0.6) is 5.75 Å². The van der Waals surface area contributed by atoms with Crippen LogP contribution in [0.1, 0.15) is 5.56 Å². The standard InChI is InChI=1S/C8H9ClO2S/c1-10-8-3-6(5-11-12)2-7(9)4-8/h2-4,12H,5H2,1H3. The van der Waals surface area contributed by atoms with Crippen LogP contribution in [0.2, 0.25) is 5.02 Å². The molecule has 0 aliphatic carbocycles. The van der Waals surface area contributed by atoms with Crippen LogP contribution in [0.25, 0.3) is 0 Å². The first kappa shape index (κ1) is 9.71. The summed E-state index contributed by atoms with van der Waals surface area (Å²) in [5, 5.41) is 0.634. The van der Waals surface area contributed by atoms with Crippen LogP contribution >= 0.6 is 24.5 Å². The number of rotatable bonds is 3. The van der Waals surface area contributed by atoms with Crippen LogP contribution in [0.4, 0.5) is 0 Å². The maximum absolute atomic E-state index is 5.80. The van der Waals surface area contributed by atoms with Crippen molar-refractivity contribution in [2.75, 3.05) is 7.11 Å². The Morgan fingerprint density at radius 1 is 1.42 bits per heavy atom. The van der Waals surface area contributed by atoms with E-state index in [-0.39, 0.29) is 0 Å². The molecule has 0 atom stereocenters. The Kier molecular flexibility index (Phi) is 3.72. The highest BCUT2D eigenvalue weighted by Crippen LogP contribution is 2.21. The monoisotopic (exact) mass is 204 g/mol. The lowest BCUT2D eigenvalue weighted by atomic mass is 10.2. The summed E-state index contributed by atoms with van der Waals surface area (Å²) >= 11 is 9.45. The van der Waals surface area contributed by atoms with Crippen LogP contribution in [-0.4, -0.2) is 7.11 Å². The predicted molar refractivity (Wildman–Crippen MR) is 51.8 cm³/mol. The third kappa shape index (κ3) is 2.59. The molecule has 4 heteroatoms. The molecule has 1 rings (SSSR count). The summed E-state index contributed by atoms with van der Waals surface area (Å²) in [6.45, 7) is 0.417. The Morgan fingerprint density at radius 2 is 2.17 bits per heavy atom. The molecule has 1 aromatic carbocycles. The average Bonchev–Trinajstić information content (AvgIpc) is 2.04. The number of hydrogen-bond acceptors (Lipinski definition) is 3. The maximum Gasteiger partial charge on any atom is 0.120 e. The Labute approximate surface area is 82.1 Å². The van der Waals surface area contributed by atoms with E-state index in [4.69, 9.17) is 16.3 Å². The normalized spacial score (nSPS) is 9.92. The number of benzene rings is 1. The molecule has 66 valence electrons. The molecular weight excluding hydrogens is 196 g/mol. The van der Waals surface area contributed by atoms with E-state index in [1.165, 1.54) is 0 Å². The molecule has 0 unspecified atom stereocenters. The van der Waals surface area contributed by atoms with Crippen molar-refractivity contribution in [2.45, 2.75) is 6.61 Å². The molecule has 12 heavy (non-hydrogen) atoms. The van der Waals surface area contributed by atoms with E-state index < -0.39 is 0 Å². The molecule has 0 aliphatic rings. The Morgan fingerprint density at radius 3 is 2.75 bits per heavy atom. The van der Waals surface area contributed by atoms with Gasteiger partial charge in [-0.25, -0.2) is 0 Å². The van der Waals surface area contributed by atoms with E-state index in [1.54, 1.807) is 19.2 Å². The highest BCUT2D eigenvalue weighted by atomic mass is 35.5. The fourth-order valence-electron chi connectivity index (χ4n) is 0.896. The third-order valence-corrected chi connectivity index (χ3v) is 1.75. The summed E-state index contributed by atoms with van der Waals surface area (Å²) < 4.78 is 9.68. The second-order valence-corrected chi connectivity index (χ2v) is 2.97. The summed E-state index contributed by atoms with van der Waals surface area (Å²) in [5.41, 5.74) is 0.939. The Bertz CT molecular complexity index is 265. The topological polar surface area (TPSA) is 18.5 Å². The summed E-state index contributed by atoms with van der Waals surface area (Å²) in [6.07, 6.45) is 0. The lowest BCUT2D eigenvalue weighted by Gasteiger charge is -2.03. The van der Waals surface area contributed by atoms with E-state index >= 15 is 0 Å². The quantitative estimate of drug-likeness (QED) is 0.603. The molecule has 0 radical (unpaired) electrons. The van der Waals surface area contributed by atoms with Gasteiger partial charge in [0.05, 0.1) is 13.7 Å². The molecule has 0 saturated heterocycles. The average molecular weight is 205 g/mol. The van der Waals surface area contributed by atoms with Crippen molar-refractivity contribution in [3.8, 4) is 5.75 Å². The van der Waals surface area contributed by atoms with Crippen molar-refractivity contribution >= 4 is 24.5 Å². The lowest BCUT2D eigenvalue weighted by molar-refractivity contribution is 0.368. The van der Waals surface area contributed by atoms with Gasteiger partial charge >= 0.3 is 0 Å². The molecule has 0 amide bonds. The van der Waals surface area contributed by atoms with Gasteiger partial charge in [0.2, 0.25) is 0 Å². The van der Waals surface area contributed by atoms with E-state index in [0.29, 0.717) is 11.6 Å². The first-order valence-electron chi connectivity index (χ1n) is 3.36. The third-order valence-electron chi connectivity index (χ3n) is 1.40. The maximum atomic E-state index is 5.80. The summed E-state index contributed by atoms with van der Waals surface area (Å²) in [7, 11) is 1.59.